The van der Waals surface area contributed by atoms with Gasteiger partial charge in [-0.25, -0.2) is 18.2 Å². The number of rotatable bonds is 5. The molecule has 11 heteroatoms. The predicted molar refractivity (Wildman–Crippen MR) is 102 cm³/mol. The molecule has 0 atom stereocenters. The molecular formula is C17H16N6O4S. The number of aromatic nitrogens is 2. The Bertz CT molecular complexity index is 1170. The molecule has 0 aliphatic rings. The summed E-state index contributed by atoms with van der Waals surface area (Å²) in [5.41, 5.74) is 2.96. The minimum atomic E-state index is -3.77. The molecule has 144 valence electrons. The minimum Gasteiger partial charge on any atom is -0.258 e. The molecule has 2 N–H and O–H groups in total. The number of nitro groups is 1. The summed E-state index contributed by atoms with van der Waals surface area (Å²) in [6, 6.07) is 11.7. The molecule has 0 aliphatic carbocycles. The van der Waals surface area contributed by atoms with Crippen molar-refractivity contribution in [1.82, 2.24) is 9.78 Å². The Morgan fingerprint density at radius 2 is 1.64 bits per heavy atom. The number of benzene rings is 2. The van der Waals surface area contributed by atoms with Gasteiger partial charge in [-0.15, -0.1) is 5.11 Å². The summed E-state index contributed by atoms with van der Waals surface area (Å²) >= 11 is 0. The van der Waals surface area contributed by atoms with Gasteiger partial charge in [0.25, 0.3) is 5.69 Å². The second kappa shape index (κ2) is 7.29. The van der Waals surface area contributed by atoms with Gasteiger partial charge in [0, 0.05) is 12.1 Å². The van der Waals surface area contributed by atoms with E-state index in [0.717, 1.165) is 0 Å². The number of nitrogens with two attached hydrogens (primary N) is 1. The van der Waals surface area contributed by atoms with Crippen molar-refractivity contribution in [1.29, 1.82) is 0 Å². The summed E-state index contributed by atoms with van der Waals surface area (Å²) in [5.74, 6) is 0. The number of nitro benzene ring substituents is 1. The van der Waals surface area contributed by atoms with Crippen LogP contribution in [-0.2, 0) is 10.0 Å². The number of hydrogen-bond donors (Lipinski definition) is 1. The van der Waals surface area contributed by atoms with Crippen LogP contribution in [0.2, 0.25) is 0 Å². The van der Waals surface area contributed by atoms with Gasteiger partial charge in [0.1, 0.15) is 5.69 Å². The first kappa shape index (κ1) is 19.3. The van der Waals surface area contributed by atoms with E-state index in [1.165, 1.54) is 36.4 Å². The number of non-ortho nitro benzene ring substituents is 1. The predicted octanol–water partition coefficient (Wildman–Crippen LogP) is 3.46. The molecule has 2 aromatic carbocycles. The summed E-state index contributed by atoms with van der Waals surface area (Å²) in [7, 11) is -3.77. The molecular weight excluding hydrogens is 384 g/mol. The van der Waals surface area contributed by atoms with Crippen molar-refractivity contribution in [3.63, 3.8) is 0 Å². The highest BCUT2D eigenvalue weighted by molar-refractivity contribution is 7.89. The lowest BCUT2D eigenvalue weighted by molar-refractivity contribution is -0.384. The molecule has 0 radical (unpaired) electrons. The monoisotopic (exact) mass is 400 g/mol. The summed E-state index contributed by atoms with van der Waals surface area (Å²) < 4.78 is 24.4. The van der Waals surface area contributed by atoms with Crippen LogP contribution < -0.4 is 5.14 Å². The van der Waals surface area contributed by atoms with Gasteiger partial charge >= 0.3 is 0 Å². The summed E-state index contributed by atoms with van der Waals surface area (Å²) in [4.78, 5) is 10.2. The number of primary sulfonamides is 1. The van der Waals surface area contributed by atoms with E-state index in [9.17, 15) is 18.5 Å². The summed E-state index contributed by atoms with van der Waals surface area (Å²) in [5, 5.41) is 28.5. The molecule has 0 saturated carbocycles. The zero-order valence-electron chi connectivity index (χ0n) is 15.0. The largest absolute Gasteiger partial charge is 0.269 e. The number of sulfonamides is 1. The maximum absolute atomic E-state index is 11.4. The van der Waals surface area contributed by atoms with E-state index < -0.39 is 14.9 Å². The van der Waals surface area contributed by atoms with Crippen LogP contribution >= 0.6 is 0 Å². The van der Waals surface area contributed by atoms with Gasteiger partial charge in [0.2, 0.25) is 10.0 Å². The van der Waals surface area contributed by atoms with Crippen LogP contribution in [0.25, 0.3) is 5.69 Å². The van der Waals surface area contributed by atoms with Crippen LogP contribution in [0.1, 0.15) is 11.4 Å². The first-order valence-electron chi connectivity index (χ1n) is 8.02. The van der Waals surface area contributed by atoms with Crippen molar-refractivity contribution >= 4 is 27.1 Å². The zero-order valence-corrected chi connectivity index (χ0v) is 15.8. The van der Waals surface area contributed by atoms with Crippen molar-refractivity contribution in [2.24, 2.45) is 15.4 Å². The molecule has 0 bridgehead atoms. The van der Waals surface area contributed by atoms with E-state index in [0.29, 0.717) is 28.5 Å². The van der Waals surface area contributed by atoms with Crippen molar-refractivity contribution in [2.45, 2.75) is 18.7 Å². The highest BCUT2D eigenvalue weighted by Crippen LogP contribution is 2.28. The van der Waals surface area contributed by atoms with Crippen LogP contribution in [0, 0.1) is 24.0 Å². The van der Waals surface area contributed by atoms with Crippen molar-refractivity contribution in [3.8, 4) is 5.69 Å². The van der Waals surface area contributed by atoms with Gasteiger partial charge in [-0.05, 0) is 50.2 Å². The average molecular weight is 400 g/mol. The Balaban J connectivity index is 1.90. The molecule has 28 heavy (non-hydrogen) atoms. The van der Waals surface area contributed by atoms with E-state index in [-0.39, 0.29) is 10.6 Å². The molecule has 0 spiro atoms. The molecule has 3 rings (SSSR count). The van der Waals surface area contributed by atoms with Gasteiger partial charge in [0.15, 0.2) is 0 Å². The average Bonchev–Trinajstić information content (AvgIpc) is 2.93. The molecule has 0 saturated heterocycles. The maximum Gasteiger partial charge on any atom is 0.269 e. The summed E-state index contributed by atoms with van der Waals surface area (Å²) in [6.07, 6.45) is 0. The number of hydrogen-bond acceptors (Lipinski definition) is 7. The Labute approximate surface area is 160 Å². The second-order valence-corrected chi connectivity index (χ2v) is 7.51. The van der Waals surface area contributed by atoms with Crippen molar-refractivity contribution in [3.05, 3.63) is 70.0 Å². The van der Waals surface area contributed by atoms with E-state index in [4.69, 9.17) is 5.14 Å². The standard InChI is InChI=1S/C17H16N6O4S/c1-11-17(20-19-13-3-5-15(6-4-13)23(24)25)12(2)22(21-11)14-7-9-16(10-8-14)28(18,26)27/h3-10H,1-2H3,(H2,18,26,27). The lowest BCUT2D eigenvalue weighted by Gasteiger charge is -2.05. The maximum atomic E-state index is 11.4. The molecule has 0 unspecified atom stereocenters. The van der Waals surface area contributed by atoms with Gasteiger partial charge < -0.3 is 0 Å². The molecule has 0 fully saturated rings. The third-order valence-electron chi connectivity index (χ3n) is 3.99. The molecule has 3 aromatic rings. The lowest BCUT2D eigenvalue weighted by Crippen LogP contribution is -2.12. The van der Waals surface area contributed by atoms with Crippen molar-refractivity contribution in [2.75, 3.05) is 0 Å². The van der Waals surface area contributed by atoms with Gasteiger partial charge in [-0.2, -0.15) is 10.2 Å². The highest BCUT2D eigenvalue weighted by Gasteiger charge is 2.14. The quantitative estimate of drug-likeness (QED) is 0.396. The normalized spacial score (nSPS) is 11.8. The lowest BCUT2D eigenvalue weighted by atomic mass is 10.3. The van der Waals surface area contributed by atoms with Crippen LogP contribution in [0.15, 0.2) is 63.7 Å². The third-order valence-corrected chi connectivity index (χ3v) is 4.92. The fourth-order valence-corrected chi connectivity index (χ4v) is 3.07. The number of aryl methyl sites for hydroxylation is 1. The SMILES string of the molecule is Cc1nn(-c2ccc(S(N)(=O)=O)cc2)c(C)c1N=Nc1ccc([N+](=O)[O-])cc1. The Kier molecular flexibility index (Phi) is 5.03. The fraction of sp³-hybridized carbons (Fsp3) is 0.118. The molecule has 10 nitrogen and oxygen atoms in total. The fourth-order valence-electron chi connectivity index (χ4n) is 2.56. The Morgan fingerprint density at radius 3 is 2.18 bits per heavy atom. The van der Waals surface area contributed by atoms with Crippen molar-refractivity contribution < 1.29 is 13.3 Å². The topological polar surface area (TPSA) is 146 Å². The molecule has 0 amide bonds. The summed E-state index contributed by atoms with van der Waals surface area (Å²) in [6.45, 7) is 3.57. The van der Waals surface area contributed by atoms with Gasteiger partial charge in [-0.1, -0.05) is 0 Å². The first-order chi connectivity index (χ1) is 13.2. The molecule has 0 aliphatic heterocycles. The number of nitrogens with zero attached hydrogens (tertiary/aromatic N) is 5. The van der Waals surface area contributed by atoms with Crippen LogP contribution in [0.3, 0.4) is 0 Å². The minimum absolute atomic E-state index is 0.0101. The van der Waals surface area contributed by atoms with Crippen LogP contribution in [-0.4, -0.2) is 23.1 Å². The van der Waals surface area contributed by atoms with E-state index in [1.807, 2.05) is 0 Å². The Morgan fingerprint density at radius 1 is 1.04 bits per heavy atom. The first-order valence-corrected chi connectivity index (χ1v) is 9.57. The highest BCUT2D eigenvalue weighted by atomic mass is 32.2. The zero-order chi connectivity index (χ0) is 20.5. The third kappa shape index (κ3) is 3.94. The molecule has 1 aromatic heterocycles. The number of azo groups is 1. The van der Waals surface area contributed by atoms with E-state index in [2.05, 4.69) is 15.3 Å². The second-order valence-electron chi connectivity index (χ2n) is 5.94. The van der Waals surface area contributed by atoms with Crippen LogP contribution in [0.5, 0.6) is 0 Å². The smallest absolute Gasteiger partial charge is 0.258 e. The van der Waals surface area contributed by atoms with E-state index >= 15 is 0 Å². The van der Waals surface area contributed by atoms with E-state index in [1.54, 1.807) is 30.7 Å². The molecule has 1 heterocycles. The Hall–Kier alpha value is -3.44. The van der Waals surface area contributed by atoms with Gasteiger partial charge in [0.05, 0.1) is 32.6 Å². The van der Waals surface area contributed by atoms with Gasteiger partial charge in [-0.3, -0.25) is 10.1 Å². The van der Waals surface area contributed by atoms with Crippen LogP contribution in [0.4, 0.5) is 17.1 Å².